The van der Waals surface area contributed by atoms with Crippen molar-refractivity contribution >= 4 is 17.3 Å². The van der Waals surface area contributed by atoms with Crippen LogP contribution >= 0.6 is 0 Å². The zero-order chi connectivity index (χ0) is 28.1. The summed E-state index contributed by atoms with van der Waals surface area (Å²) in [4.78, 5) is 31.6. The van der Waals surface area contributed by atoms with Gasteiger partial charge in [0.05, 0.1) is 42.7 Å². The number of methoxy groups -OCH3 is 6. The molecule has 4 rings (SSSR count). The molecule has 0 amide bonds. The number of Topliss-reactive ketones (excluding diaryl/α,β-unsaturated/α-hetero) is 2. The van der Waals surface area contributed by atoms with E-state index in [1.165, 1.54) is 20.3 Å². The Morgan fingerprint density at radius 2 is 1.23 bits per heavy atom. The maximum atomic E-state index is 13.5. The SMILES string of the molecule is COc1ccc(CC2=NC(C(=O)C(=O)c3ccc(OC)c(OC)c3)Cc3cc(OC)c(OC)cc32)cc1OC. The molecule has 0 spiro atoms. The number of carbonyl (C=O) groups excluding carboxylic acids is 2. The molecule has 0 saturated heterocycles. The third kappa shape index (κ3) is 5.52. The molecular weight excluding hydrogens is 502 g/mol. The van der Waals surface area contributed by atoms with E-state index in [9.17, 15) is 9.59 Å². The highest BCUT2D eigenvalue weighted by molar-refractivity contribution is 6.45. The lowest BCUT2D eigenvalue weighted by Crippen LogP contribution is -2.34. The van der Waals surface area contributed by atoms with E-state index < -0.39 is 17.6 Å². The standard InChI is InChI=1S/C30H31NO8/c1-34-23-9-7-17(12-25(23)36-3)11-21-20-16-28(39-6)27(38-5)15-19(20)13-22(31-21)30(33)29(32)18-8-10-24(35-2)26(14-18)37-4/h7-10,12,14-16,22H,11,13H2,1-6H3. The van der Waals surface area contributed by atoms with Gasteiger partial charge in [-0.05, 0) is 53.6 Å². The van der Waals surface area contributed by atoms with Gasteiger partial charge < -0.3 is 28.4 Å². The topological polar surface area (TPSA) is 102 Å². The summed E-state index contributed by atoms with van der Waals surface area (Å²) < 4.78 is 32.4. The van der Waals surface area contributed by atoms with Crippen LogP contribution in [-0.2, 0) is 17.6 Å². The molecule has 39 heavy (non-hydrogen) atoms. The molecule has 0 saturated carbocycles. The van der Waals surface area contributed by atoms with E-state index in [0.717, 1.165) is 16.7 Å². The fraction of sp³-hybridized carbons (Fsp3) is 0.300. The summed E-state index contributed by atoms with van der Waals surface area (Å²) in [5.74, 6) is 1.81. The summed E-state index contributed by atoms with van der Waals surface area (Å²) in [6.07, 6.45) is 0.625. The molecule has 0 radical (unpaired) electrons. The minimum atomic E-state index is -0.911. The molecule has 0 aromatic heterocycles. The van der Waals surface area contributed by atoms with Crippen LogP contribution in [0.3, 0.4) is 0 Å². The van der Waals surface area contributed by atoms with Crippen molar-refractivity contribution in [2.45, 2.75) is 18.9 Å². The average Bonchev–Trinajstić information content (AvgIpc) is 2.98. The van der Waals surface area contributed by atoms with Gasteiger partial charge in [0.1, 0.15) is 6.04 Å². The van der Waals surface area contributed by atoms with Crippen LogP contribution in [0.4, 0.5) is 0 Å². The van der Waals surface area contributed by atoms with Crippen molar-refractivity contribution in [3.8, 4) is 34.5 Å². The first-order valence-electron chi connectivity index (χ1n) is 12.2. The number of hydrogen-bond donors (Lipinski definition) is 0. The van der Waals surface area contributed by atoms with E-state index >= 15 is 0 Å². The number of nitrogens with zero attached hydrogens (tertiary/aromatic N) is 1. The number of hydrogen-bond acceptors (Lipinski definition) is 9. The molecule has 1 aliphatic heterocycles. The Morgan fingerprint density at radius 3 is 1.85 bits per heavy atom. The van der Waals surface area contributed by atoms with Crippen LogP contribution in [0.15, 0.2) is 53.5 Å². The van der Waals surface area contributed by atoms with Crippen LogP contribution in [0.5, 0.6) is 34.5 Å². The van der Waals surface area contributed by atoms with Gasteiger partial charge in [-0.1, -0.05) is 6.07 Å². The van der Waals surface area contributed by atoms with Gasteiger partial charge in [0, 0.05) is 29.7 Å². The Morgan fingerprint density at radius 1 is 0.692 bits per heavy atom. The minimum Gasteiger partial charge on any atom is -0.493 e. The quantitative estimate of drug-likeness (QED) is 0.268. The Bertz CT molecular complexity index is 1430. The van der Waals surface area contributed by atoms with Crippen LogP contribution in [0.2, 0.25) is 0 Å². The Balaban J connectivity index is 1.74. The highest BCUT2D eigenvalue weighted by atomic mass is 16.5. The molecule has 3 aromatic carbocycles. The normalized spacial score (nSPS) is 14.0. The van der Waals surface area contributed by atoms with Crippen molar-refractivity contribution in [1.29, 1.82) is 0 Å². The molecule has 3 aromatic rings. The molecule has 1 unspecified atom stereocenters. The van der Waals surface area contributed by atoms with Crippen LogP contribution in [0.25, 0.3) is 0 Å². The first kappa shape index (κ1) is 27.5. The average molecular weight is 534 g/mol. The second kappa shape index (κ2) is 11.9. The lowest BCUT2D eigenvalue weighted by Gasteiger charge is -2.24. The predicted octanol–water partition coefficient (Wildman–Crippen LogP) is 4.15. The first-order chi connectivity index (χ1) is 18.9. The fourth-order valence-corrected chi connectivity index (χ4v) is 4.62. The molecule has 204 valence electrons. The minimum absolute atomic E-state index is 0.201. The van der Waals surface area contributed by atoms with Crippen LogP contribution in [-0.4, -0.2) is 66.0 Å². The highest BCUT2D eigenvalue weighted by Crippen LogP contribution is 2.36. The van der Waals surface area contributed by atoms with E-state index in [1.54, 1.807) is 40.6 Å². The van der Waals surface area contributed by atoms with Gasteiger partial charge in [0.2, 0.25) is 11.6 Å². The largest absolute Gasteiger partial charge is 0.493 e. The Kier molecular flexibility index (Phi) is 8.39. The Hall–Kier alpha value is -4.53. The summed E-state index contributed by atoms with van der Waals surface area (Å²) >= 11 is 0. The van der Waals surface area contributed by atoms with Gasteiger partial charge in [-0.2, -0.15) is 0 Å². The van der Waals surface area contributed by atoms with Crippen molar-refractivity contribution in [2.24, 2.45) is 4.99 Å². The molecule has 9 nitrogen and oxygen atoms in total. The highest BCUT2D eigenvalue weighted by Gasteiger charge is 2.32. The second-order valence-corrected chi connectivity index (χ2v) is 8.79. The van der Waals surface area contributed by atoms with Gasteiger partial charge in [0.15, 0.2) is 34.5 Å². The number of carbonyl (C=O) groups is 2. The fourth-order valence-electron chi connectivity index (χ4n) is 4.62. The molecule has 1 atom stereocenters. The monoisotopic (exact) mass is 533 g/mol. The van der Waals surface area contributed by atoms with Crippen LogP contribution in [0.1, 0.15) is 27.0 Å². The Labute approximate surface area is 227 Å². The predicted molar refractivity (Wildman–Crippen MR) is 146 cm³/mol. The van der Waals surface area contributed by atoms with Gasteiger partial charge >= 0.3 is 0 Å². The van der Waals surface area contributed by atoms with Crippen LogP contribution in [0, 0.1) is 0 Å². The van der Waals surface area contributed by atoms with E-state index in [2.05, 4.69) is 0 Å². The molecule has 9 heteroatoms. The number of fused-ring (bicyclic) bond motifs is 1. The lowest BCUT2D eigenvalue weighted by molar-refractivity contribution is -0.116. The summed E-state index contributed by atoms with van der Waals surface area (Å²) in [5, 5.41) is 0. The summed E-state index contributed by atoms with van der Waals surface area (Å²) in [7, 11) is 9.23. The third-order valence-electron chi connectivity index (χ3n) is 6.64. The van der Waals surface area contributed by atoms with Crippen molar-refractivity contribution in [2.75, 3.05) is 42.7 Å². The van der Waals surface area contributed by atoms with Crippen molar-refractivity contribution in [3.63, 3.8) is 0 Å². The number of aliphatic imine (C=N–C) groups is 1. The number of benzene rings is 3. The van der Waals surface area contributed by atoms with Gasteiger partial charge in [-0.3, -0.25) is 14.6 Å². The molecule has 1 aliphatic rings. The number of rotatable bonds is 11. The van der Waals surface area contributed by atoms with Crippen LogP contribution < -0.4 is 28.4 Å². The maximum absolute atomic E-state index is 13.5. The summed E-state index contributed by atoms with van der Waals surface area (Å²) in [6, 6.07) is 13.0. The van der Waals surface area contributed by atoms with Gasteiger partial charge in [-0.25, -0.2) is 0 Å². The molecule has 0 bridgehead atoms. The first-order valence-corrected chi connectivity index (χ1v) is 12.2. The zero-order valence-corrected chi connectivity index (χ0v) is 22.8. The van der Waals surface area contributed by atoms with Crippen molar-refractivity contribution in [1.82, 2.24) is 0 Å². The van der Waals surface area contributed by atoms with Crippen molar-refractivity contribution in [3.05, 3.63) is 70.8 Å². The maximum Gasteiger partial charge on any atom is 0.231 e. The number of ketones is 2. The molecule has 0 fully saturated rings. The molecular formula is C30H31NO8. The van der Waals surface area contributed by atoms with E-state index in [1.807, 2.05) is 30.3 Å². The second-order valence-electron chi connectivity index (χ2n) is 8.79. The lowest BCUT2D eigenvalue weighted by atomic mass is 9.87. The number of ether oxygens (including phenoxy) is 6. The summed E-state index contributed by atoms with van der Waals surface area (Å²) in [5.41, 5.74) is 3.39. The summed E-state index contributed by atoms with van der Waals surface area (Å²) in [6.45, 7) is 0. The van der Waals surface area contributed by atoms with E-state index in [4.69, 9.17) is 33.4 Å². The molecule has 1 heterocycles. The third-order valence-corrected chi connectivity index (χ3v) is 6.64. The van der Waals surface area contributed by atoms with E-state index in [-0.39, 0.29) is 12.0 Å². The van der Waals surface area contributed by atoms with Gasteiger partial charge in [-0.15, -0.1) is 0 Å². The smallest absolute Gasteiger partial charge is 0.231 e. The van der Waals surface area contributed by atoms with Gasteiger partial charge in [0.25, 0.3) is 0 Å². The zero-order valence-electron chi connectivity index (χ0n) is 22.8. The molecule has 0 N–H and O–H groups in total. The molecule has 0 aliphatic carbocycles. The van der Waals surface area contributed by atoms with Crippen molar-refractivity contribution < 1.29 is 38.0 Å². The van der Waals surface area contributed by atoms with E-state index in [0.29, 0.717) is 46.6 Å².